The number of nitrogens with zero attached hydrogens (tertiary/aromatic N) is 2. The highest BCUT2D eigenvalue weighted by Crippen LogP contribution is 2.42. The maximum Gasteiger partial charge on any atom is 0.303 e. The van der Waals surface area contributed by atoms with Gasteiger partial charge in [0.05, 0.1) is 12.3 Å². The second-order valence-electron chi connectivity index (χ2n) is 11.5. The van der Waals surface area contributed by atoms with E-state index in [1.807, 2.05) is 26.0 Å². The molecule has 1 atom stereocenters. The minimum absolute atomic E-state index is 0.0253. The summed E-state index contributed by atoms with van der Waals surface area (Å²) in [5, 5.41) is 11.9. The molecule has 3 aliphatic rings. The van der Waals surface area contributed by atoms with E-state index >= 15 is 4.39 Å². The molecule has 0 spiro atoms. The van der Waals surface area contributed by atoms with Crippen molar-refractivity contribution in [3.05, 3.63) is 58.2 Å². The van der Waals surface area contributed by atoms with Gasteiger partial charge in [-0.3, -0.25) is 19.4 Å². The molecule has 9 heteroatoms. The Hall–Kier alpha value is -3.33. The molecule has 2 amide bonds. The number of aryl methyl sites for hydroxylation is 1. The molecule has 202 valence electrons. The van der Waals surface area contributed by atoms with E-state index in [1.54, 1.807) is 18.1 Å². The van der Waals surface area contributed by atoms with Gasteiger partial charge >= 0.3 is 5.97 Å². The molecule has 1 aromatic carbocycles. The fourth-order valence-corrected chi connectivity index (χ4v) is 6.34. The van der Waals surface area contributed by atoms with Gasteiger partial charge < -0.3 is 20.1 Å². The molecule has 0 bridgehead atoms. The highest BCUT2D eigenvalue weighted by atomic mass is 19.1. The van der Waals surface area contributed by atoms with Gasteiger partial charge in [-0.2, -0.15) is 0 Å². The molecule has 0 saturated heterocycles. The number of rotatable bonds is 7. The summed E-state index contributed by atoms with van der Waals surface area (Å²) in [6.45, 7) is 4.70. The van der Waals surface area contributed by atoms with E-state index in [0.29, 0.717) is 49.2 Å². The highest BCUT2D eigenvalue weighted by Gasteiger charge is 2.43. The van der Waals surface area contributed by atoms with E-state index in [0.717, 1.165) is 29.8 Å². The number of pyridine rings is 1. The van der Waals surface area contributed by atoms with Crippen molar-refractivity contribution < 1.29 is 28.6 Å². The van der Waals surface area contributed by atoms with Crippen LogP contribution in [0.25, 0.3) is 0 Å². The molecule has 1 fully saturated rings. The largest absolute Gasteiger partial charge is 0.481 e. The van der Waals surface area contributed by atoms with E-state index in [1.165, 1.54) is 6.07 Å². The number of methoxy groups -OCH3 is 1. The summed E-state index contributed by atoms with van der Waals surface area (Å²) >= 11 is 0. The summed E-state index contributed by atoms with van der Waals surface area (Å²) < 4.78 is 20.3. The zero-order valence-electron chi connectivity index (χ0n) is 22.1. The SMILES string of the molecule is COCc1ccc2c(n1)CCN(C(=O)[C@H]1C[C@H](CC(=O)O)C1)[C@H]2C(=O)Nc1cc(F)c2c(c1)CCC2(C)C. The van der Waals surface area contributed by atoms with Crippen LogP contribution in [0.1, 0.15) is 73.7 Å². The second-order valence-corrected chi connectivity index (χ2v) is 11.5. The number of anilines is 1. The van der Waals surface area contributed by atoms with Gasteiger partial charge in [-0.05, 0) is 66.3 Å². The number of carbonyl (C=O) groups is 3. The third-order valence-corrected chi connectivity index (χ3v) is 8.27. The van der Waals surface area contributed by atoms with Gasteiger partial charge in [0, 0.05) is 49.4 Å². The Labute approximate surface area is 221 Å². The number of hydrogen-bond donors (Lipinski definition) is 2. The first-order valence-electron chi connectivity index (χ1n) is 13.2. The number of benzene rings is 1. The molecule has 8 nitrogen and oxygen atoms in total. The van der Waals surface area contributed by atoms with Gasteiger partial charge in [-0.1, -0.05) is 19.9 Å². The van der Waals surface area contributed by atoms with Crippen LogP contribution in [0.2, 0.25) is 0 Å². The number of aliphatic carboxylic acids is 1. The second kappa shape index (κ2) is 10.1. The van der Waals surface area contributed by atoms with Crippen LogP contribution in [0.4, 0.5) is 10.1 Å². The maximum absolute atomic E-state index is 15.1. The molecule has 0 unspecified atom stereocenters. The number of amides is 2. The van der Waals surface area contributed by atoms with E-state index < -0.39 is 17.9 Å². The van der Waals surface area contributed by atoms with Crippen LogP contribution in [0.3, 0.4) is 0 Å². The van der Waals surface area contributed by atoms with E-state index in [4.69, 9.17) is 9.84 Å². The number of fused-ring (bicyclic) bond motifs is 2. The standard InChI is InChI=1S/C29H34FN3O5/c1-29(2)8-6-17-13-20(14-22(30)25(17)29)32-27(36)26-21-5-4-19(15-38-3)31-23(21)7-9-33(26)28(37)18-10-16(11-18)12-24(34)35/h4-5,13-14,16,18,26H,6-12,15H2,1-3H3,(H,32,36)(H,34,35)/t16-,18-,26-/m1/s1. The van der Waals surface area contributed by atoms with Crippen molar-refractivity contribution in [3.8, 4) is 0 Å². The minimum Gasteiger partial charge on any atom is -0.481 e. The normalized spacial score (nSPS) is 23.3. The third kappa shape index (κ3) is 4.91. The smallest absolute Gasteiger partial charge is 0.303 e. The highest BCUT2D eigenvalue weighted by molar-refractivity contribution is 5.99. The summed E-state index contributed by atoms with van der Waals surface area (Å²) in [5.41, 5.74) is 3.84. The third-order valence-electron chi connectivity index (χ3n) is 8.27. The van der Waals surface area contributed by atoms with Crippen LogP contribution in [0.5, 0.6) is 0 Å². The first-order chi connectivity index (χ1) is 18.1. The fourth-order valence-electron chi connectivity index (χ4n) is 6.34. The summed E-state index contributed by atoms with van der Waals surface area (Å²) in [6.07, 6.45) is 3.12. The molecule has 2 aromatic rings. The van der Waals surface area contributed by atoms with Crippen molar-refractivity contribution in [1.29, 1.82) is 0 Å². The Morgan fingerprint density at radius 2 is 1.97 bits per heavy atom. The lowest BCUT2D eigenvalue weighted by Crippen LogP contribution is -2.50. The number of ether oxygens (including phenoxy) is 1. The molecule has 2 heterocycles. The van der Waals surface area contributed by atoms with Gasteiger partial charge in [-0.25, -0.2) is 4.39 Å². The number of aromatic nitrogens is 1. The Morgan fingerprint density at radius 1 is 1.21 bits per heavy atom. The number of hydrogen-bond acceptors (Lipinski definition) is 5. The Bertz CT molecular complexity index is 1290. The zero-order valence-corrected chi connectivity index (χ0v) is 22.1. The molecule has 1 saturated carbocycles. The minimum atomic E-state index is -0.915. The Balaban J connectivity index is 1.42. The molecule has 0 radical (unpaired) electrons. The van der Waals surface area contributed by atoms with Crippen LogP contribution >= 0.6 is 0 Å². The van der Waals surface area contributed by atoms with Crippen molar-refractivity contribution in [2.75, 3.05) is 19.0 Å². The molecule has 1 aliphatic heterocycles. The quantitative estimate of drug-likeness (QED) is 0.564. The van der Waals surface area contributed by atoms with Crippen LogP contribution in [0, 0.1) is 17.7 Å². The first-order valence-corrected chi connectivity index (χ1v) is 13.2. The van der Waals surface area contributed by atoms with Crippen molar-refractivity contribution in [2.24, 2.45) is 11.8 Å². The van der Waals surface area contributed by atoms with Crippen molar-refractivity contribution in [2.45, 2.75) is 70.4 Å². The van der Waals surface area contributed by atoms with Gasteiger partial charge in [0.15, 0.2) is 0 Å². The number of carbonyl (C=O) groups excluding carboxylic acids is 2. The van der Waals surface area contributed by atoms with Gasteiger partial charge in [0.2, 0.25) is 5.91 Å². The number of carboxylic acid groups (broad SMARTS) is 1. The molecule has 1 aromatic heterocycles. The zero-order chi connectivity index (χ0) is 27.2. The topological polar surface area (TPSA) is 109 Å². The Kier molecular flexibility index (Phi) is 6.98. The summed E-state index contributed by atoms with van der Waals surface area (Å²) in [5.74, 6) is -2.10. The summed E-state index contributed by atoms with van der Waals surface area (Å²) in [4.78, 5) is 44.6. The van der Waals surface area contributed by atoms with Gasteiger partial charge in [0.1, 0.15) is 11.9 Å². The van der Waals surface area contributed by atoms with Crippen molar-refractivity contribution >= 4 is 23.5 Å². The van der Waals surface area contributed by atoms with Crippen LogP contribution in [-0.4, -0.2) is 46.4 Å². The Morgan fingerprint density at radius 3 is 2.68 bits per heavy atom. The van der Waals surface area contributed by atoms with Gasteiger partial charge in [0.25, 0.3) is 5.91 Å². The van der Waals surface area contributed by atoms with E-state index in [2.05, 4.69) is 10.3 Å². The predicted octanol–water partition coefficient (Wildman–Crippen LogP) is 4.16. The molecule has 2 aliphatic carbocycles. The lowest BCUT2D eigenvalue weighted by molar-refractivity contribution is -0.149. The average Bonchev–Trinajstić information content (AvgIpc) is 3.14. The number of nitrogens with one attached hydrogen (secondary N) is 1. The van der Waals surface area contributed by atoms with Crippen molar-refractivity contribution in [3.63, 3.8) is 0 Å². The molecule has 2 N–H and O–H groups in total. The predicted molar refractivity (Wildman–Crippen MR) is 138 cm³/mol. The number of carboxylic acids is 1. The number of halogens is 1. The average molecular weight is 524 g/mol. The first kappa shape index (κ1) is 26.3. The summed E-state index contributed by atoms with van der Waals surface area (Å²) in [6, 6.07) is 5.90. The molecule has 38 heavy (non-hydrogen) atoms. The molecule has 5 rings (SSSR count). The summed E-state index contributed by atoms with van der Waals surface area (Å²) in [7, 11) is 1.59. The monoisotopic (exact) mass is 523 g/mol. The lowest BCUT2D eigenvalue weighted by atomic mass is 9.72. The molecular formula is C29H34FN3O5. The van der Waals surface area contributed by atoms with E-state index in [-0.39, 0.29) is 35.4 Å². The van der Waals surface area contributed by atoms with E-state index in [9.17, 15) is 14.4 Å². The lowest BCUT2D eigenvalue weighted by Gasteiger charge is -2.42. The van der Waals surface area contributed by atoms with Gasteiger partial charge in [-0.15, -0.1) is 0 Å². The van der Waals surface area contributed by atoms with Crippen LogP contribution < -0.4 is 5.32 Å². The fraction of sp³-hybridized carbons (Fsp3) is 0.517. The van der Waals surface area contributed by atoms with Crippen molar-refractivity contribution in [1.82, 2.24) is 9.88 Å². The molecular weight excluding hydrogens is 489 g/mol. The maximum atomic E-state index is 15.1. The van der Waals surface area contributed by atoms with Crippen LogP contribution in [0.15, 0.2) is 24.3 Å². The van der Waals surface area contributed by atoms with Crippen LogP contribution in [-0.2, 0) is 44.0 Å².